The highest BCUT2D eigenvalue weighted by atomic mass is 35.5. The Bertz CT molecular complexity index is 830. The molecule has 0 aliphatic rings. The molecule has 3 aromatic rings. The molecular formula is C20H18Cl4N2O2. The van der Waals surface area contributed by atoms with Gasteiger partial charge in [0.1, 0.15) is 11.5 Å². The van der Waals surface area contributed by atoms with Crippen molar-refractivity contribution < 1.29 is 9.84 Å². The molecule has 0 fully saturated rings. The van der Waals surface area contributed by atoms with Crippen LogP contribution in [0.25, 0.3) is 0 Å². The van der Waals surface area contributed by atoms with Crippen LogP contribution in [-0.4, -0.2) is 23.2 Å². The Hall–Kier alpha value is -1.53. The SMILES string of the molecule is Clc1ccc(Oc2ccc(Cl)cc2Cl)c(Cl)c1.OCCNCc1cccnc1. The molecule has 0 spiro atoms. The molecule has 1 aromatic heterocycles. The molecule has 0 aliphatic carbocycles. The van der Waals surface area contributed by atoms with Crippen LogP contribution in [0, 0.1) is 0 Å². The van der Waals surface area contributed by atoms with E-state index in [2.05, 4.69) is 10.3 Å². The first kappa shape index (κ1) is 22.8. The largest absolute Gasteiger partial charge is 0.454 e. The van der Waals surface area contributed by atoms with Gasteiger partial charge >= 0.3 is 0 Å². The molecule has 0 amide bonds. The number of hydrogen-bond donors (Lipinski definition) is 2. The number of rotatable bonds is 6. The van der Waals surface area contributed by atoms with E-state index in [0.717, 1.165) is 12.1 Å². The maximum atomic E-state index is 8.47. The number of nitrogens with zero attached hydrogens (tertiary/aromatic N) is 1. The predicted molar refractivity (Wildman–Crippen MR) is 116 cm³/mol. The van der Waals surface area contributed by atoms with E-state index in [0.29, 0.717) is 38.1 Å². The first-order valence-corrected chi connectivity index (χ1v) is 9.79. The lowest BCUT2D eigenvalue weighted by molar-refractivity contribution is 0.292. The number of pyridine rings is 1. The van der Waals surface area contributed by atoms with Gasteiger partial charge < -0.3 is 15.2 Å². The summed E-state index contributed by atoms with van der Waals surface area (Å²) < 4.78 is 5.57. The smallest absolute Gasteiger partial charge is 0.146 e. The summed E-state index contributed by atoms with van der Waals surface area (Å²) in [5, 5.41) is 13.5. The number of aromatic nitrogens is 1. The lowest BCUT2D eigenvalue weighted by Crippen LogP contribution is -2.17. The second-order valence-corrected chi connectivity index (χ2v) is 7.20. The van der Waals surface area contributed by atoms with Crippen molar-refractivity contribution in [1.82, 2.24) is 10.3 Å². The molecule has 0 saturated carbocycles. The summed E-state index contributed by atoms with van der Waals surface area (Å²) in [6.45, 7) is 1.59. The van der Waals surface area contributed by atoms with Crippen LogP contribution in [-0.2, 0) is 6.54 Å². The van der Waals surface area contributed by atoms with Gasteiger partial charge in [-0.15, -0.1) is 0 Å². The molecule has 1 heterocycles. The van der Waals surface area contributed by atoms with E-state index in [1.54, 1.807) is 42.6 Å². The highest BCUT2D eigenvalue weighted by molar-refractivity contribution is 6.36. The molecule has 0 atom stereocenters. The zero-order chi connectivity index (χ0) is 20.4. The standard InChI is InChI=1S/C12H6Cl4O.C8H12N2O/c13-7-1-3-11(9(15)5-7)17-12-4-2-8(14)6-10(12)16;11-5-4-10-7-8-2-1-3-9-6-8/h1-6H;1-3,6,10-11H,4-5,7H2. The Morgan fingerprint density at radius 2 is 1.50 bits per heavy atom. The van der Waals surface area contributed by atoms with Crippen molar-refractivity contribution in [3.8, 4) is 11.5 Å². The van der Waals surface area contributed by atoms with Gasteiger partial charge in [-0.1, -0.05) is 52.5 Å². The maximum Gasteiger partial charge on any atom is 0.146 e. The van der Waals surface area contributed by atoms with Crippen LogP contribution in [0.15, 0.2) is 60.9 Å². The summed E-state index contributed by atoms with van der Waals surface area (Å²) in [7, 11) is 0. The minimum atomic E-state index is 0.181. The predicted octanol–water partition coefficient (Wildman–Crippen LogP) is 6.26. The van der Waals surface area contributed by atoms with Gasteiger partial charge in [-0.2, -0.15) is 0 Å². The van der Waals surface area contributed by atoms with Crippen LogP contribution in [0.1, 0.15) is 5.56 Å². The van der Waals surface area contributed by atoms with Gasteiger partial charge in [0.2, 0.25) is 0 Å². The lowest BCUT2D eigenvalue weighted by atomic mass is 10.3. The highest BCUT2D eigenvalue weighted by Crippen LogP contribution is 2.35. The summed E-state index contributed by atoms with van der Waals surface area (Å²) in [5.41, 5.74) is 1.14. The van der Waals surface area contributed by atoms with Crippen molar-refractivity contribution in [1.29, 1.82) is 0 Å². The molecule has 3 rings (SSSR count). The second kappa shape index (κ2) is 12.1. The number of hydrogen-bond acceptors (Lipinski definition) is 4. The van der Waals surface area contributed by atoms with Crippen LogP contribution < -0.4 is 10.1 Å². The van der Waals surface area contributed by atoms with E-state index >= 15 is 0 Å². The van der Waals surface area contributed by atoms with Crippen LogP contribution in [0.4, 0.5) is 0 Å². The van der Waals surface area contributed by atoms with Crippen LogP contribution >= 0.6 is 46.4 Å². The molecular weight excluding hydrogens is 442 g/mol. The summed E-state index contributed by atoms with van der Waals surface area (Å²) in [5.74, 6) is 0.973. The third-order valence-corrected chi connectivity index (χ3v) is 4.41. The summed E-state index contributed by atoms with van der Waals surface area (Å²) in [6, 6.07) is 13.8. The van der Waals surface area contributed by atoms with Crippen molar-refractivity contribution in [2.45, 2.75) is 6.54 Å². The van der Waals surface area contributed by atoms with E-state index in [1.165, 1.54) is 0 Å². The Morgan fingerprint density at radius 3 is 1.96 bits per heavy atom. The lowest BCUT2D eigenvalue weighted by Gasteiger charge is -2.09. The number of aliphatic hydroxyl groups is 1. The molecule has 8 heteroatoms. The quantitative estimate of drug-likeness (QED) is 0.427. The van der Waals surface area contributed by atoms with E-state index < -0.39 is 0 Å². The van der Waals surface area contributed by atoms with E-state index in [9.17, 15) is 0 Å². The number of benzene rings is 2. The maximum absolute atomic E-state index is 8.47. The average molecular weight is 460 g/mol. The average Bonchev–Trinajstić information content (AvgIpc) is 2.67. The minimum Gasteiger partial charge on any atom is -0.454 e. The molecule has 4 nitrogen and oxygen atoms in total. The molecule has 0 radical (unpaired) electrons. The molecule has 2 aromatic carbocycles. The Morgan fingerprint density at radius 1 is 0.893 bits per heavy atom. The van der Waals surface area contributed by atoms with Crippen molar-refractivity contribution in [2.75, 3.05) is 13.2 Å². The highest BCUT2D eigenvalue weighted by Gasteiger charge is 2.07. The summed E-state index contributed by atoms with van der Waals surface area (Å²) >= 11 is 23.5. The van der Waals surface area contributed by atoms with Crippen LogP contribution in [0.5, 0.6) is 11.5 Å². The zero-order valence-corrected chi connectivity index (χ0v) is 17.7. The number of aliphatic hydroxyl groups excluding tert-OH is 1. The van der Waals surface area contributed by atoms with Gasteiger partial charge in [-0.25, -0.2) is 0 Å². The van der Waals surface area contributed by atoms with Gasteiger partial charge in [0, 0.05) is 35.5 Å². The Kier molecular flexibility index (Phi) is 9.85. The number of halogens is 4. The van der Waals surface area contributed by atoms with Crippen molar-refractivity contribution >= 4 is 46.4 Å². The summed E-state index contributed by atoms with van der Waals surface area (Å²) in [6.07, 6.45) is 3.56. The number of ether oxygens (including phenoxy) is 1. The van der Waals surface area contributed by atoms with Gasteiger partial charge in [-0.3, -0.25) is 4.98 Å². The molecule has 0 unspecified atom stereocenters. The fourth-order valence-electron chi connectivity index (χ4n) is 2.05. The zero-order valence-electron chi connectivity index (χ0n) is 14.7. The Labute approximate surface area is 184 Å². The monoisotopic (exact) mass is 458 g/mol. The molecule has 0 saturated heterocycles. The van der Waals surface area contributed by atoms with Crippen molar-refractivity contribution in [2.24, 2.45) is 0 Å². The topological polar surface area (TPSA) is 54.4 Å². The van der Waals surface area contributed by atoms with Crippen LogP contribution in [0.2, 0.25) is 20.1 Å². The fraction of sp³-hybridized carbons (Fsp3) is 0.150. The minimum absolute atomic E-state index is 0.181. The molecule has 2 N–H and O–H groups in total. The van der Waals surface area contributed by atoms with E-state index in [1.807, 2.05) is 18.3 Å². The third kappa shape index (κ3) is 7.84. The molecule has 0 aliphatic heterocycles. The van der Waals surface area contributed by atoms with Crippen LogP contribution in [0.3, 0.4) is 0 Å². The van der Waals surface area contributed by atoms with Crippen molar-refractivity contribution in [3.63, 3.8) is 0 Å². The first-order chi connectivity index (χ1) is 13.5. The fourth-order valence-corrected chi connectivity index (χ4v) is 2.94. The van der Waals surface area contributed by atoms with Gasteiger partial charge in [-0.05, 0) is 48.0 Å². The van der Waals surface area contributed by atoms with E-state index in [-0.39, 0.29) is 6.61 Å². The Balaban J connectivity index is 0.000000221. The second-order valence-electron chi connectivity index (χ2n) is 5.51. The molecule has 28 heavy (non-hydrogen) atoms. The van der Waals surface area contributed by atoms with Gasteiger partial charge in [0.05, 0.1) is 16.7 Å². The first-order valence-electron chi connectivity index (χ1n) is 8.28. The van der Waals surface area contributed by atoms with Crippen molar-refractivity contribution in [3.05, 3.63) is 86.6 Å². The normalized spacial score (nSPS) is 10.2. The number of nitrogens with one attached hydrogen (secondary N) is 1. The summed E-state index contributed by atoms with van der Waals surface area (Å²) in [4.78, 5) is 3.96. The van der Waals surface area contributed by atoms with Gasteiger partial charge in [0.25, 0.3) is 0 Å². The van der Waals surface area contributed by atoms with Gasteiger partial charge in [0.15, 0.2) is 0 Å². The third-order valence-electron chi connectivity index (χ3n) is 3.35. The molecule has 0 bridgehead atoms. The van der Waals surface area contributed by atoms with E-state index in [4.69, 9.17) is 56.2 Å². The molecule has 148 valence electrons.